The second kappa shape index (κ2) is 7.06. The number of hydrogen-bond donors (Lipinski definition) is 0. The molecule has 5 heteroatoms. The van der Waals surface area contributed by atoms with Crippen LogP contribution in [0.5, 0.6) is 0 Å². The molecule has 0 N–H and O–H groups in total. The summed E-state index contributed by atoms with van der Waals surface area (Å²) in [7, 11) is -2.12. The molecule has 1 aliphatic rings. The molecule has 0 saturated heterocycles. The molecule has 1 aliphatic carbocycles. The van der Waals surface area contributed by atoms with Crippen molar-refractivity contribution in [2.24, 2.45) is 0 Å². The Morgan fingerprint density at radius 3 is 2.60 bits per heavy atom. The molecule has 0 fully saturated rings. The molecule has 0 aliphatic heterocycles. The summed E-state index contributed by atoms with van der Waals surface area (Å²) in [6.07, 6.45) is 5.35. The largest absolute Gasteiger partial charge is 0.490 e. The van der Waals surface area contributed by atoms with Crippen LogP contribution >= 0.6 is 0 Å². The Bertz CT molecular complexity index is 422. The van der Waals surface area contributed by atoms with Gasteiger partial charge in [0.25, 0.3) is 0 Å². The Kier molecular flexibility index (Phi) is 6.92. The molecule has 1 rings (SSSR count). The smallest absolute Gasteiger partial charge is 0.217 e. The maximum Gasteiger partial charge on any atom is 0.217 e. The normalized spacial score (nSPS) is 13.9. The van der Waals surface area contributed by atoms with Crippen LogP contribution in [0.2, 0.25) is 0 Å². The van der Waals surface area contributed by atoms with Crippen molar-refractivity contribution >= 4 is 44.7 Å². The van der Waals surface area contributed by atoms with Crippen molar-refractivity contribution in [3.63, 3.8) is 0 Å². The van der Waals surface area contributed by atoms with Gasteiger partial charge in [0.05, 0.1) is 4.86 Å². The zero-order valence-corrected chi connectivity index (χ0v) is 11.8. The Balaban J connectivity index is 0.00000196. The van der Waals surface area contributed by atoms with Gasteiger partial charge in [0.15, 0.2) is 0 Å². The second-order valence-electron chi connectivity index (χ2n) is 3.09. The molecule has 0 aromatic carbocycles. The first kappa shape index (κ1) is 14.7. The number of hydrogen-bond acceptors (Lipinski definition) is 3. The van der Waals surface area contributed by atoms with E-state index in [1.165, 1.54) is 0 Å². The van der Waals surface area contributed by atoms with Gasteiger partial charge in [-0.2, -0.15) is 8.42 Å². The van der Waals surface area contributed by atoms with Crippen LogP contribution in [0, 0.1) is 0 Å². The average molecular weight is 235 g/mol. The Labute approximate surface area is 113 Å². The van der Waals surface area contributed by atoms with E-state index in [1.54, 1.807) is 18.2 Å². The van der Waals surface area contributed by atoms with Gasteiger partial charge >= 0.3 is 0 Å². The predicted molar refractivity (Wildman–Crippen MR) is 62.3 cm³/mol. The monoisotopic (exact) mass is 235 g/mol. The van der Waals surface area contributed by atoms with Crippen LogP contribution in [0.4, 0.5) is 0 Å². The molecule has 0 heterocycles. The van der Waals surface area contributed by atoms with Crippen molar-refractivity contribution in [1.29, 1.82) is 0 Å². The van der Waals surface area contributed by atoms with Crippen LogP contribution in [0.1, 0.15) is 13.3 Å². The zero-order valence-electron chi connectivity index (χ0n) is 8.99. The molecular formula is C10H12NaO3S. The van der Waals surface area contributed by atoms with Crippen LogP contribution in [0.3, 0.4) is 0 Å². The van der Waals surface area contributed by atoms with Crippen molar-refractivity contribution < 1.29 is 13.2 Å². The Morgan fingerprint density at radius 1 is 1.53 bits per heavy atom. The Morgan fingerprint density at radius 2 is 2.20 bits per heavy atom. The van der Waals surface area contributed by atoms with E-state index in [-0.39, 0.29) is 29.6 Å². The predicted octanol–water partition coefficient (Wildman–Crippen LogP) is 1.09. The van der Waals surface area contributed by atoms with Crippen LogP contribution in [-0.4, -0.2) is 49.4 Å². The number of allylic oxidation sites excluding steroid dienone is 3. The van der Waals surface area contributed by atoms with Crippen molar-refractivity contribution in [1.82, 2.24) is 0 Å². The minimum atomic E-state index is -2.12. The number of rotatable bonds is 3. The molecule has 0 atom stereocenters. The van der Waals surface area contributed by atoms with Crippen molar-refractivity contribution in [3.8, 4) is 0 Å². The quantitative estimate of drug-likeness (QED) is 0.418. The fourth-order valence-corrected chi connectivity index (χ4v) is 1.35. The van der Waals surface area contributed by atoms with Gasteiger partial charge in [0.1, 0.15) is 12.4 Å². The van der Waals surface area contributed by atoms with Gasteiger partial charge < -0.3 is 4.74 Å². The molecule has 77 valence electrons. The van der Waals surface area contributed by atoms with E-state index in [9.17, 15) is 8.42 Å². The molecule has 0 amide bonds. The van der Waals surface area contributed by atoms with Crippen molar-refractivity contribution in [2.45, 2.75) is 13.3 Å². The van der Waals surface area contributed by atoms with Crippen LogP contribution < -0.4 is 0 Å². The van der Waals surface area contributed by atoms with Gasteiger partial charge in [-0.25, -0.2) is 0 Å². The fourth-order valence-electron chi connectivity index (χ4n) is 0.950. The summed E-state index contributed by atoms with van der Waals surface area (Å²) in [5.74, 6) is 0.696. The van der Waals surface area contributed by atoms with Gasteiger partial charge in [0.2, 0.25) is 10.3 Å². The number of ether oxygens (including phenoxy) is 1. The summed E-state index contributed by atoms with van der Waals surface area (Å²) < 4.78 is 26.4. The molecule has 0 aromatic heterocycles. The molecule has 0 aromatic rings. The summed E-state index contributed by atoms with van der Waals surface area (Å²) in [6.45, 7) is 6.04. The molecular weight excluding hydrogens is 223 g/mol. The Hall–Kier alpha value is -0.290. The van der Waals surface area contributed by atoms with Gasteiger partial charge in [0, 0.05) is 36.0 Å². The van der Waals surface area contributed by atoms with E-state index in [4.69, 9.17) is 4.74 Å². The van der Waals surface area contributed by atoms with Crippen LogP contribution in [0.15, 0.2) is 36.1 Å². The maximum atomic E-state index is 10.6. The first-order valence-corrected chi connectivity index (χ1v) is 5.27. The minimum Gasteiger partial charge on any atom is -0.490 e. The van der Waals surface area contributed by atoms with Crippen LogP contribution in [0.25, 0.3) is 0 Å². The third kappa shape index (κ3) is 5.37. The molecule has 0 saturated carbocycles. The topological polar surface area (TPSA) is 43.4 Å². The van der Waals surface area contributed by atoms with E-state index >= 15 is 0 Å². The minimum absolute atomic E-state index is 0. The molecule has 3 nitrogen and oxygen atoms in total. The van der Waals surface area contributed by atoms with E-state index in [0.29, 0.717) is 23.7 Å². The summed E-state index contributed by atoms with van der Waals surface area (Å²) >= 11 is 0. The first-order valence-electron chi connectivity index (χ1n) is 4.20. The molecule has 15 heavy (non-hydrogen) atoms. The summed E-state index contributed by atoms with van der Waals surface area (Å²) in [6, 6.07) is 0. The van der Waals surface area contributed by atoms with Gasteiger partial charge in [-0.3, -0.25) is 0 Å². The average Bonchev–Trinajstić information content (AvgIpc) is 2.15. The fraction of sp³-hybridized carbons (Fsp3) is 0.300. The third-order valence-corrected chi connectivity index (χ3v) is 2.37. The summed E-state index contributed by atoms with van der Waals surface area (Å²) in [4.78, 5) is 0.382. The SMILES string of the molecule is C=C(C)COC1=CCC(=S(=O)=O)C=C1.[Na]. The molecule has 1 radical (unpaired) electrons. The molecule has 0 unspecified atom stereocenters. The first-order chi connectivity index (χ1) is 6.59. The molecule has 0 bridgehead atoms. The van der Waals surface area contributed by atoms with Crippen LogP contribution in [-0.2, 0) is 15.0 Å². The van der Waals surface area contributed by atoms with E-state index < -0.39 is 10.3 Å². The maximum absolute atomic E-state index is 10.6. The van der Waals surface area contributed by atoms with E-state index in [2.05, 4.69) is 6.58 Å². The van der Waals surface area contributed by atoms with Gasteiger partial charge in [-0.05, 0) is 30.7 Å². The summed E-state index contributed by atoms with van der Waals surface area (Å²) in [5, 5.41) is 0. The zero-order chi connectivity index (χ0) is 10.6. The molecule has 0 spiro atoms. The van der Waals surface area contributed by atoms with Gasteiger partial charge in [-0.15, -0.1) is 0 Å². The third-order valence-electron chi connectivity index (χ3n) is 1.64. The summed E-state index contributed by atoms with van der Waals surface area (Å²) in [5.41, 5.74) is 0.932. The van der Waals surface area contributed by atoms with E-state index in [0.717, 1.165) is 5.57 Å². The van der Waals surface area contributed by atoms with Gasteiger partial charge in [-0.1, -0.05) is 6.58 Å². The standard InChI is InChI=1S/C10H12O3S.Na/c1-8(2)7-13-9-3-5-10(6-4-9)14(11)12;/h3-5H,1,6-7H2,2H3;. The van der Waals surface area contributed by atoms with E-state index in [1.807, 2.05) is 6.92 Å². The van der Waals surface area contributed by atoms with Crippen molar-refractivity contribution in [3.05, 3.63) is 36.1 Å². The van der Waals surface area contributed by atoms with Crippen molar-refractivity contribution in [2.75, 3.05) is 6.61 Å². The second-order valence-corrected chi connectivity index (χ2v) is 4.08.